The van der Waals surface area contributed by atoms with E-state index in [0.29, 0.717) is 24.3 Å². The molecule has 3 rings (SSSR count). The standard InChI is InChI=1S/C14H16FN3O2/c15-9-3-6-12-11(7-9)17-14(16)18(12)10-4-1-8(2-5-10)13(19)20/h3,6-8,10H,1-2,4-5H2,(H2,16,17)(H,19,20)/t8-,10+. The van der Waals surface area contributed by atoms with Gasteiger partial charge in [-0.3, -0.25) is 4.79 Å². The van der Waals surface area contributed by atoms with E-state index in [-0.39, 0.29) is 17.8 Å². The number of anilines is 1. The zero-order chi connectivity index (χ0) is 14.3. The van der Waals surface area contributed by atoms with Crippen molar-refractivity contribution >= 4 is 23.0 Å². The molecule has 2 aromatic rings. The molecule has 0 bridgehead atoms. The van der Waals surface area contributed by atoms with Crippen LogP contribution in [0.5, 0.6) is 0 Å². The molecule has 1 aromatic carbocycles. The van der Waals surface area contributed by atoms with Crippen LogP contribution in [0, 0.1) is 11.7 Å². The van der Waals surface area contributed by atoms with Crippen molar-refractivity contribution in [1.82, 2.24) is 9.55 Å². The Kier molecular flexibility index (Phi) is 3.08. The molecule has 0 spiro atoms. The van der Waals surface area contributed by atoms with Crippen molar-refractivity contribution in [3.05, 3.63) is 24.0 Å². The van der Waals surface area contributed by atoms with Crippen molar-refractivity contribution < 1.29 is 14.3 Å². The van der Waals surface area contributed by atoms with E-state index in [1.807, 2.05) is 4.57 Å². The first-order valence-corrected chi connectivity index (χ1v) is 6.72. The van der Waals surface area contributed by atoms with Crippen molar-refractivity contribution in [1.29, 1.82) is 0 Å². The van der Waals surface area contributed by atoms with Crippen LogP contribution in [0.3, 0.4) is 0 Å². The van der Waals surface area contributed by atoms with Crippen LogP contribution < -0.4 is 5.73 Å². The minimum atomic E-state index is -0.728. The summed E-state index contributed by atoms with van der Waals surface area (Å²) in [7, 11) is 0. The largest absolute Gasteiger partial charge is 0.481 e. The van der Waals surface area contributed by atoms with Gasteiger partial charge in [-0.1, -0.05) is 0 Å². The van der Waals surface area contributed by atoms with Crippen LogP contribution in [0.15, 0.2) is 18.2 Å². The van der Waals surface area contributed by atoms with E-state index in [9.17, 15) is 9.18 Å². The molecule has 1 aromatic heterocycles. The summed E-state index contributed by atoms with van der Waals surface area (Å²) in [5.41, 5.74) is 7.29. The Labute approximate surface area is 115 Å². The van der Waals surface area contributed by atoms with Crippen LogP contribution in [0.1, 0.15) is 31.7 Å². The predicted octanol–water partition coefficient (Wildman–Crippen LogP) is 2.57. The molecule has 5 nitrogen and oxygen atoms in total. The first-order chi connectivity index (χ1) is 9.56. The summed E-state index contributed by atoms with van der Waals surface area (Å²) < 4.78 is 15.1. The maximum atomic E-state index is 13.2. The van der Waals surface area contributed by atoms with Gasteiger partial charge in [0.05, 0.1) is 17.0 Å². The summed E-state index contributed by atoms with van der Waals surface area (Å²) in [4.78, 5) is 15.2. The van der Waals surface area contributed by atoms with Gasteiger partial charge in [-0.2, -0.15) is 0 Å². The van der Waals surface area contributed by atoms with E-state index in [4.69, 9.17) is 10.8 Å². The summed E-state index contributed by atoms with van der Waals surface area (Å²) in [5.74, 6) is -0.963. The number of hydrogen-bond donors (Lipinski definition) is 2. The van der Waals surface area contributed by atoms with Gasteiger partial charge in [0.15, 0.2) is 0 Å². The summed E-state index contributed by atoms with van der Waals surface area (Å²) in [6.07, 6.45) is 2.79. The molecular formula is C14H16FN3O2. The lowest BCUT2D eigenvalue weighted by Crippen LogP contribution is -2.24. The lowest BCUT2D eigenvalue weighted by atomic mass is 9.86. The SMILES string of the molecule is Nc1nc2cc(F)ccc2n1[C@H]1CC[C@@H](C(=O)O)CC1. The number of carboxylic acid groups (broad SMARTS) is 1. The minimum Gasteiger partial charge on any atom is -0.481 e. The molecule has 6 heteroatoms. The maximum absolute atomic E-state index is 13.2. The highest BCUT2D eigenvalue weighted by atomic mass is 19.1. The number of nitrogens with two attached hydrogens (primary N) is 1. The molecule has 0 saturated heterocycles. The third-order valence-electron chi connectivity index (χ3n) is 4.09. The zero-order valence-corrected chi connectivity index (χ0v) is 10.9. The average molecular weight is 277 g/mol. The van der Waals surface area contributed by atoms with Crippen molar-refractivity contribution in [2.45, 2.75) is 31.7 Å². The summed E-state index contributed by atoms with van der Waals surface area (Å²) in [6, 6.07) is 4.58. The molecule has 0 unspecified atom stereocenters. The molecule has 1 fully saturated rings. The van der Waals surface area contributed by atoms with Crippen molar-refractivity contribution in [2.75, 3.05) is 5.73 Å². The number of benzene rings is 1. The molecule has 1 aliphatic rings. The van der Waals surface area contributed by atoms with E-state index in [2.05, 4.69) is 4.98 Å². The van der Waals surface area contributed by atoms with Crippen LogP contribution in [-0.4, -0.2) is 20.6 Å². The maximum Gasteiger partial charge on any atom is 0.306 e. The number of carbonyl (C=O) groups is 1. The highest BCUT2D eigenvalue weighted by Crippen LogP contribution is 2.36. The molecule has 0 atom stereocenters. The van der Waals surface area contributed by atoms with Crippen LogP contribution in [0.2, 0.25) is 0 Å². The molecule has 1 saturated carbocycles. The van der Waals surface area contributed by atoms with E-state index < -0.39 is 5.97 Å². The Bertz CT molecular complexity index is 660. The van der Waals surface area contributed by atoms with Gasteiger partial charge in [0.2, 0.25) is 5.95 Å². The fourth-order valence-corrected chi connectivity index (χ4v) is 3.06. The van der Waals surface area contributed by atoms with Gasteiger partial charge in [0.1, 0.15) is 5.82 Å². The minimum absolute atomic E-state index is 0.140. The molecule has 1 heterocycles. The number of nitrogens with zero attached hydrogens (tertiary/aromatic N) is 2. The highest BCUT2D eigenvalue weighted by molar-refractivity contribution is 5.78. The van der Waals surface area contributed by atoms with Gasteiger partial charge in [0, 0.05) is 12.1 Å². The topological polar surface area (TPSA) is 81.1 Å². The molecule has 0 aliphatic heterocycles. The number of aliphatic carboxylic acids is 1. The fraction of sp³-hybridized carbons (Fsp3) is 0.429. The Morgan fingerprint density at radius 1 is 1.35 bits per heavy atom. The molecule has 0 radical (unpaired) electrons. The van der Waals surface area contributed by atoms with E-state index >= 15 is 0 Å². The fourth-order valence-electron chi connectivity index (χ4n) is 3.06. The number of nitrogen functional groups attached to an aromatic ring is 1. The van der Waals surface area contributed by atoms with Crippen LogP contribution in [0.25, 0.3) is 11.0 Å². The molecule has 1 aliphatic carbocycles. The van der Waals surface area contributed by atoms with Crippen LogP contribution in [-0.2, 0) is 4.79 Å². The second-order valence-corrected chi connectivity index (χ2v) is 5.32. The summed E-state index contributed by atoms with van der Waals surface area (Å²) in [5, 5.41) is 9.03. The van der Waals surface area contributed by atoms with Gasteiger partial charge in [0.25, 0.3) is 0 Å². The quantitative estimate of drug-likeness (QED) is 0.884. The number of rotatable bonds is 2. The number of hydrogen-bond acceptors (Lipinski definition) is 3. The predicted molar refractivity (Wildman–Crippen MR) is 72.7 cm³/mol. The lowest BCUT2D eigenvalue weighted by Gasteiger charge is -2.28. The monoisotopic (exact) mass is 277 g/mol. The third kappa shape index (κ3) is 2.11. The Morgan fingerprint density at radius 2 is 2.05 bits per heavy atom. The van der Waals surface area contributed by atoms with Crippen molar-refractivity contribution in [3.63, 3.8) is 0 Å². The van der Waals surface area contributed by atoms with Crippen LogP contribution >= 0.6 is 0 Å². The molecule has 20 heavy (non-hydrogen) atoms. The lowest BCUT2D eigenvalue weighted by molar-refractivity contribution is -0.143. The van der Waals surface area contributed by atoms with E-state index in [1.165, 1.54) is 12.1 Å². The number of halogens is 1. The normalized spacial score (nSPS) is 23.1. The van der Waals surface area contributed by atoms with Gasteiger partial charge in [-0.25, -0.2) is 9.37 Å². The highest BCUT2D eigenvalue weighted by Gasteiger charge is 2.28. The zero-order valence-electron chi connectivity index (χ0n) is 10.9. The molecule has 3 N–H and O–H groups in total. The van der Waals surface area contributed by atoms with Gasteiger partial charge >= 0.3 is 5.97 Å². The van der Waals surface area contributed by atoms with E-state index in [0.717, 1.165) is 18.4 Å². The summed E-state index contributed by atoms with van der Waals surface area (Å²) >= 11 is 0. The van der Waals surface area contributed by atoms with Crippen molar-refractivity contribution in [2.24, 2.45) is 5.92 Å². The number of aromatic nitrogens is 2. The third-order valence-corrected chi connectivity index (χ3v) is 4.09. The van der Waals surface area contributed by atoms with Crippen molar-refractivity contribution in [3.8, 4) is 0 Å². The number of imidazole rings is 1. The molecule has 0 amide bonds. The Morgan fingerprint density at radius 3 is 2.70 bits per heavy atom. The second-order valence-electron chi connectivity index (χ2n) is 5.32. The van der Waals surface area contributed by atoms with Gasteiger partial charge in [-0.05, 0) is 37.8 Å². The molecular weight excluding hydrogens is 261 g/mol. The Hall–Kier alpha value is -2.11. The number of carboxylic acids is 1. The van der Waals surface area contributed by atoms with E-state index in [1.54, 1.807) is 6.07 Å². The first-order valence-electron chi connectivity index (χ1n) is 6.72. The Balaban J connectivity index is 1.91. The van der Waals surface area contributed by atoms with Gasteiger partial charge < -0.3 is 15.4 Å². The summed E-state index contributed by atoms with van der Waals surface area (Å²) in [6.45, 7) is 0. The smallest absolute Gasteiger partial charge is 0.306 e. The van der Waals surface area contributed by atoms with Crippen LogP contribution in [0.4, 0.5) is 10.3 Å². The first kappa shape index (κ1) is 12.9. The van der Waals surface area contributed by atoms with Gasteiger partial charge in [-0.15, -0.1) is 0 Å². The average Bonchev–Trinajstić information content (AvgIpc) is 2.73. The number of fused-ring (bicyclic) bond motifs is 1. The second kappa shape index (κ2) is 4.77. The molecule has 106 valence electrons.